The van der Waals surface area contributed by atoms with Crippen molar-refractivity contribution < 1.29 is 14.1 Å². The van der Waals surface area contributed by atoms with Crippen molar-refractivity contribution in [2.45, 2.75) is 6.92 Å². The Morgan fingerprint density at radius 1 is 1.33 bits per heavy atom. The summed E-state index contributed by atoms with van der Waals surface area (Å²) in [4.78, 5) is 21.5. The Morgan fingerprint density at radius 2 is 2.06 bits per heavy atom. The highest BCUT2D eigenvalue weighted by molar-refractivity contribution is 6.30. The van der Waals surface area contributed by atoms with Gasteiger partial charge in [-0.2, -0.15) is 0 Å². The van der Waals surface area contributed by atoms with Gasteiger partial charge in [-0.3, -0.25) is 14.9 Å². The molecule has 6 heteroatoms. The third-order valence-corrected chi connectivity index (χ3v) is 2.61. The van der Waals surface area contributed by atoms with Gasteiger partial charge in [0.15, 0.2) is 11.5 Å². The predicted molar refractivity (Wildman–Crippen MR) is 65.8 cm³/mol. The molecule has 0 atom stereocenters. The van der Waals surface area contributed by atoms with Crippen LogP contribution < -0.4 is 0 Å². The van der Waals surface area contributed by atoms with E-state index in [-0.39, 0.29) is 33.6 Å². The van der Waals surface area contributed by atoms with Crippen LogP contribution in [0.3, 0.4) is 0 Å². The Kier molecular flexibility index (Phi) is 3.16. The lowest BCUT2D eigenvalue weighted by molar-refractivity contribution is -0.384. The summed E-state index contributed by atoms with van der Waals surface area (Å²) in [6.07, 6.45) is 0. The van der Waals surface area contributed by atoms with E-state index in [1.54, 1.807) is 0 Å². The number of ketones is 1. The van der Waals surface area contributed by atoms with E-state index < -0.39 is 4.92 Å². The molecule has 0 N–H and O–H groups in total. The maximum atomic E-state index is 11.1. The molecule has 0 unspecified atom stereocenters. The average Bonchev–Trinajstić information content (AvgIpc) is 2.78. The minimum atomic E-state index is -0.544. The number of Topliss-reactive ketones (excluding diaryl/α,β-unsaturated/α-hetero) is 1. The van der Waals surface area contributed by atoms with Gasteiger partial charge in [0, 0.05) is 18.0 Å². The predicted octanol–water partition coefficient (Wildman–Crippen LogP) is 3.71. The van der Waals surface area contributed by atoms with Gasteiger partial charge >= 0.3 is 0 Å². The van der Waals surface area contributed by atoms with Crippen LogP contribution in [0.15, 0.2) is 34.7 Å². The van der Waals surface area contributed by atoms with Crippen LogP contribution in [0.1, 0.15) is 17.5 Å². The molecule has 1 aromatic heterocycles. The number of rotatable bonds is 3. The first-order valence-electron chi connectivity index (χ1n) is 5.04. The number of nitro groups is 1. The Bertz CT molecular complexity index is 633. The molecule has 2 rings (SSSR count). The lowest BCUT2D eigenvalue weighted by Gasteiger charge is -2.00. The first-order chi connectivity index (χ1) is 8.49. The molecule has 1 aromatic carbocycles. The quantitative estimate of drug-likeness (QED) is 0.482. The van der Waals surface area contributed by atoms with E-state index in [1.807, 2.05) is 0 Å². The fourth-order valence-electron chi connectivity index (χ4n) is 1.54. The zero-order valence-electron chi connectivity index (χ0n) is 9.34. The molecule has 0 aliphatic carbocycles. The summed E-state index contributed by atoms with van der Waals surface area (Å²) in [6.45, 7) is 1.36. The van der Waals surface area contributed by atoms with Gasteiger partial charge in [0.25, 0.3) is 5.69 Å². The average molecular weight is 266 g/mol. The first-order valence-corrected chi connectivity index (χ1v) is 5.42. The highest BCUT2D eigenvalue weighted by atomic mass is 35.5. The molecule has 0 amide bonds. The molecular formula is C12H8ClNO4. The normalized spacial score (nSPS) is 10.3. The zero-order valence-corrected chi connectivity index (χ0v) is 10.1. The van der Waals surface area contributed by atoms with E-state index in [9.17, 15) is 14.9 Å². The topological polar surface area (TPSA) is 73.3 Å². The van der Waals surface area contributed by atoms with Gasteiger partial charge in [-0.15, -0.1) is 0 Å². The van der Waals surface area contributed by atoms with Crippen LogP contribution in [-0.2, 0) is 0 Å². The first kappa shape index (κ1) is 12.3. The number of nitro benzene ring substituents is 1. The monoisotopic (exact) mass is 265 g/mol. The molecule has 5 nitrogen and oxygen atoms in total. The Balaban J connectivity index is 2.55. The number of benzene rings is 1. The SMILES string of the molecule is CC(=O)c1ccc(-c2ccc(Cl)cc2[N+](=O)[O-])o1. The summed E-state index contributed by atoms with van der Waals surface area (Å²) in [5, 5.41) is 11.2. The number of carbonyl (C=O) groups is 1. The van der Waals surface area contributed by atoms with E-state index in [1.165, 1.54) is 37.3 Å². The van der Waals surface area contributed by atoms with Gasteiger partial charge in [-0.25, -0.2) is 0 Å². The van der Waals surface area contributed by atoms with Crippen molar-refractivity contribution in [1.29, 1.82) is 0 Å². The Morgan fingerprint density at radius 3 is 2.61 bits per heavy atom. The number of nitrogens with zero attached hydrogens (tertiary/aromatic N) is 1. The standard InChI is InChI=1S/C12H8ClNO4/c1-7(15)11-4-5-12(18-11)9-3-2-8(13)6-10(9)14(16)17/h2-6H,1H3. The summed E-state index contributed by atoms with van der Waals surface area (Å²) in [6, 6.07) is 7.26. The van der Waals surface area contributed by atoms with Gasteiger partial charge < -0.3 is 4.42 Å². The minimum absolute atomic E-state index is 0.160. The van der Waals surface area contributed by atoms with Crippen LogP contribution in [0.5, 0.6) is 0 Å². The van der Waals surface area contributed by atoms with Crippen LogP contribution >= 0.6 is 11.6 Å². The Labute approximate surface area is 107 Å². The molecule has 2 aromatic rings. The molecule has 1 heterocycles. The summed E-state index contributed by atoms with van der Waals surface area (Å²) in [7, 11) is 0. The number of furan rings is 1. The lowest BCUT2D eigenvalue weighted by atomic mass is 10.1. The zero-order chi connectivity index (χ0) is 13.3. The van der Waals surface area contributed by atoms with Crippen molar-refractivity contribution in [3.05, 3.63) is 51.2 Å². The molecule has 0 radical (unpaired) electrons. The molecule has 0 aliphatic rings. The molecular weight excluding hydrogens is 258 g/mol. The summed E-state index contributed by atoms with van der Waals surface area (Å²) >= 11 is 5.71. The Hall–Kier alpha value is -2.14. The van der Waals surface area contributed by atoms with Crippen molar-refractivity contribution in [2.24, 2.45) is 0 Å². The third-order valence-electron chi connectivity index (χ3n) is 2.37. The highest BCUT2D eigenvalue weighted by Gasteiger charge is 2.19. The van der Waals surface area contributed by atoms with Gasteiger partial charge in [0.05, 0.1) is 10.5 Å². The minimum Gasteiger partial charge on any atom is -0.453 e. The number of halogens is 1. The maximum absolute atomic E-state index is 11.1. The number of hydrogen-bond donors (Lipinski definition) is 0. The second kappa shape index (κ2) is 4.62. The van der Waals surface area contributed by atoms with Gasteiger partial charge in [0.2, 0.25) is 0 Å². The highest BCUT2D eigenvalue weighted by Crippen LogP contribution is 2.33. The smallest absolute Gasteiger partial charge is 0.281 e. The van der Waals surface area contributed by atoms with E-state index in [2.05, 4.69) is 0 Å². The summed E-state index contributed by atoms with van der Waals surface area (Å²) in [5.41, 5.74) is 0.129. The third kappa shape index (κ3) is 2.26. The van der Waals surface area contributed by atoms with Crippen LogP contribution in [-0.4, -0.2) is 10.7 Å². The van der Waals surface area contributed by atoms with Gasteiger partial charge in [-0.1, -0.05) is 11.6 Å². The molecule has 0 bridgehead atoms. The van der Waals surface area contributed by atoms with Crippen molar-refractivity contribution in [1.82, 2.24) is 0 Å². The van der Waals surface area contributed by atoms with Gasteiger partial charge in [-0.05, 0) is 24.3 Å². The van der Waals surface area contributed by atoms with Crippen LogP contribution in [0.2, 0.25) is 5.02 Å². The van der Waals surface area contributed by atoms with Crippen LogP contribution in [0.4, 0.5) is 5.69 Å². The number of hydrogen-bond acceptors (Lipinski definition) is 4. The maximum Gasteiger partial charge on any atom is 0.281 e. The molecule has 92 valence electrons. The van der Waals surface area contributed by atoms with Crippen LogP contribution in [0.25, 0.3) is 11.3 Å². The lowest BCUT2D eigenvalue weighted by Crippen LogP contribution is -1.91. The summed E-state index contributed by atoms with van der Waals surface area (Å²) in [5.74, 6) is 0.190. The second-order valence-electron chi connectivity index (χ2n) is 3.64. The largest absolute Gasteiger partial charge is 0.453 e. The molecule has 0 saturated heterocycles. The van der Waals surface area contributed by atoms with Gasteiger partial charge in [0.1, 0.15) is 5.76 Å². The number of carbonyl (C=O) groups excluding carboxylic acids is 1. The fraction of sp³-hybridized carbons (Fsp3) is 0.0833. The van der Waals surface area contributed by atoms with Crippen molar-refractivity contribution >= 4 is 23.1 Å². The van der Waals surface area contributed by atoms with Crippen molar-refractivity contribution in [3.63, 3.8) is 0 Å². The molecule has 0 saturated carbocycles. The van der Waals surface area contributed by atoms with Crippen molar-refractivity contribution in [2.75, 3.05) is 0 Å². The second-order valence-corrected chi connectivity index (χ2v) is 4.08. The van der Waals surface area contributed by atoms with Crippen LogP contribution in [0, 0.1) is 10.1 Å². The van der Waals surface area contributed by atoms with E-state index in [0.29, 0.717) is 0 Å². The molecule has 0 aliphatic heterocycles. The van der Waals surface area contributed by atoms with Crippen molar-refractivity contribution in [3.8, 4) is 11.3 Å². The fourth-order valence-corrected chi connectivity index (χ4v) is 1.70. The molecule has 0 spiro atoms. The summed E-state index contributed by atoms with van der Waals surface area (Å²) < 4.78 is 5.26. The molecule has 0 fully saturated rings. The van der Waals surface area contributed by atoms with E-state index in [4.69, 9.17) is 16.0 Å². The van der Waals surface area contributed by atoms with E-state index in [0.717, 1.165) is 0 Å². The molecule has 18 heavy (non-hydrogen) atoms. The van der Waals surface area contributed by atoms with E-state index >= 15 is 0 Å².